The molecule has 1 fully saturated rings. The van der Waals surface area contributed by atoms with E-state index in [1.54, 1.807) is 0 Å². The summed E-state index contributed by atoms with van der Waals surface area (Å²) in [6.45, 7) is 5.96. The SMILES string of the molecule is CCCCN(CC1COCCC1N)c1ccccc1. The highest BCUT2D eigenvalue weighted by atomic mass is 16.5. The van der Waals surface area contributed by atoms with Gasteiger partial charge in [0.15, 0.2) is 0 Å². The van der Waals surface area contributed by atoms with Crippen LogP contribution in [-0.2, 0) is 4.74 Å². The molecule has 19 heavy (non-hydrogen) atoms. The van der Waals surface area contributed by atoms with Crippen molar-refractivity contribution in [3.05, 3.63) is 30.3 Å². The van der Waals surface area contributed by atoms with E-state index in [4.69, 9.17) is 10.5 Å². The largest absolute Gasteiger partial charge is 0.381 e. The van der Waals surface area contributed by atoms with Gasteiger partial charge in [0.25, 0.3) is 0 Å². The molecule has 1 aromatic carbocycles. The number of anilines is 1. The number of unbranched alkanes of at least 4 members (excludes halogenated alkanes) is 1. The first-order valence-corrected chi connectivity index (χ1v) is 7.44. The molecule has 2 rings (SSSR count). The lowest BCUT2D eigenvalue weighted by Crippen LogP contribution is -2.45. The van der Waals surface area contributed by atoms with Crippen LogP contribution in [0.15, 0.2) is 30.3 Å². The van der Waals surface area contributed by atoms with Gasteiger partial charge in [-0.2, -0.15) is 0 Å². The Morgan fingerprint density at radius 2 is 2.11 bits per heavy atom. The van der Waals surface area contributed by atoms with Crippen LogP contribution in [0.3, 0.4) is 0 Å². The van der Waals surface area contributed by atoms with Gasteiger partial charge in [-0.1, -0.05) is 31.5 Å². The Morgan fingerprint density at radius 1 is 1.32 bits per heavy atom. The maximum absolute atomic E-state index is 6.23. The number of ether oxygens (including phenoxy) is 1. The highest BCUT2D eigenvalue weighted by molar-refractivity contribution is 5.46. The van der Waals surface area contributed by atoms with E-state index in [-0.39, 0.29) is 6.04 Å². The number of para-hydroxylation sites is 1. The van der Waals surface area contributed by atoms with Crippen molar-refractivity contribution in [3.8, 4) is 0 Å². The van der Waals surface area contributed by atoms with Gasteiger partial charge in [-0.05, 0) is 25.0 Å². The van der Waals surface area contributed by atoms with Crippen LogP contribution in [0.4, 0.5) is 5.69 Å². The molecule has 1 heterocycles. The average molecular weight is 262 g/mol. The Balaban J connectivity index is 2.01. The van der Waals surface area contributed by atoms with Crippen molar-refractivity contribution >= 4 is 5.69 Å². The van der Waals surface area contributed by atoms with Crippen LogP contribution in [0.2, 0.25) is 0 Å². The van der Waals surface area contributed by atoms with Crippen molar-refractivity contribution in [2.45, 2.75) is 32.2 Å². The molecule has 0 saturated carbocycles. The van der Waals surface area contributed by atoms with Gasteiger partial charge >= 0.3 is 0 Å². The number of nitrogens with two attached hydrogens (primary N) is 1. The van der Waals surface area contributed by atoms with E-state index in [1.165, 1.54) is 18.5 Å². The lowest BCUT2D eigenvalue weighted by molar-refractivity contribution is 0.0446. The molecular weight excluding hydrogens is 236 g/mol. The molecule has 2 atom stereocenters. The summed E-state index contributed by atoms with van der Waals surface area (Å²) in [6, 6.07) is 10.9. The summed E-state index contributed by atoms with van der Waals surface area (Å²) in [5.41, 5.74) is 7.53. The lowest BCUT2D eigenvalue weighted by atomic mass is 9.95. The molecule has 0 bridgehead atoms. The molecular formula is C16H26N2O. The molecule has 3 nitrogen and oxygen atoms in total. The van der Waals surface area contributed by atoms with Crippen molar-refractivity contribution in [3.63, 3.8) is 0 Å². The molecule has 3 heteroatoms. The second-order valence-electron chi connectivity index (χ2n) is 5.42. The van der Waals surface area contributed by atoms with E-state index in [0.29, 0.717) is 5.92 Å². The molecule has 2 N–H and O–H groups in total. The van der Waals surface area contributed by atoms with Crippen LogP contribution in [-0.4, -0.2) is 32.3 Å². The molecule has 0 amide bonds. The van der Waals surface area contributed by atoms with Crippen LogP contribution in [0, 0.1) is 5.92 Å². The van der Waals surface area contributed by atoms with Gasteiger partial charge in [-0.15, -0.1) is 0 Å². The average Bonchev–Trinajstić information content (AvgIpc) is 2.46. The fraction of sp³-hybridized carbons (Fsp3) is 0.625. The first-order chi connectivity index (χ1) is 9.31. The highest BCUT2D eigenvalue weighted by Crippen LogP contribution is 2.20. The minimum absolute atomic E-state index is 0.279. The van der Waals surface area contributed by atoms with Gasteiger partial charge in [0.1, 0.15) is 0 Å². The third kappa shape index (κ3) is 4.22. The minimum atomic E-state index is 0.279. The quantitative estimate of drug-likeness (QED) is 0.856. The van der Waals surface area contributed by atoms with E-state index in [9.17, 15) is 0 Å². The Hall–Kier alpha value is -1.06. The van der Waals surface area contributed by atoms with Crippen molar-refractivity contribution in [2.75, 3.05) is 31.2 Å². The summed E-state index contributed by atoms with van der Waals surface area (Å²) in [6.07, 6.45) is 3.43. The molecule has 0 aliphatic carbocycles. The monoisotopic (exact) mass is 262 g/mol. The summed E-state index contributed by atoms with van der Waals surface area (Å²) in [5, 5.41) is 0. The van der Waals surface area contributed by atoms with Gasteiger partial charge in [-0.3, -0.25) is 0 Å². The topological polar surface area (TPSA) is 38.5 Å². The van der Waals surface area contributed by atoms with Crippen LogP contribution in [0.1, 0.15) is 26.2 Å². The zero-order valence-electron chi connectivity index (χ0n) is 11.9. The van der Waals surface area contributed by atoms with Crippen molar-refractivity contribution < 1.29 is 4.74 Å². The number of benzene rings is 1. The third-order valence-electron chi connectivity index (χ3n) is 3.89. The molecule has 2 unspecified atom stereocenters. The van der Waals surface area contributed by atoms with Gasteiger partial charge in [0, 0.05) is 37.3 Å². The molecule has 0 radical (unpaired) electrons. The number of hydrogen-bond donors (Lipinski definition) is 1. The number of hydrogen-bond acceptors (Lipinski definition) is 3. The Morgan fingerprint density at radius 3 is 2.79 bits per heavy atom. The maximum atomic E-state index is 6.23. The predicted octanol–water partition coefficient (Wildman–Crippen LogP) is 2.66. The summed E-state index contributed by atoms with van der Waals surface area (Å²) in [5.74, 6) is 0.450. The Kier molecular flexibility index (Phi) is 5.67. The number of rotatable bonds is 6. The van der Waals surface area contributed by atoms with Crippen molar-refractivity contribution in [1.29, 1.82) is 0 Å². The summed E-state index contributed by atoms with van der Waals surface area (Å²) < 4.78 is 5.59. The van der Waals surface area contributed by atoms with Crippen LogP contribution in [0.25, 0.3) is 0 Å². The predicted molar refractivity (Wildman–Crippen MR) is 80.5 cm³/mol. The van der Waals surface area contributed by atoms with Crippen LogP contribution in [0.5, 0.6) is 0 Å². The van der Waals surface area contributed by atoms with Gasteiger partial charge in [0.2, 0.25) is 0 Å². The van der Waals surface area contributed by atoms with E-state index in [1.807, 2.05) is 0 Å². The fourth-order valence-electron chi connectivity index (χ4n) is 2.60. The van der Waals surface area contributed by atoms with Crippen molar-refractivity contribution in [1.82, 2.24) is 0 Å². The molecule has 1 saturated heterocycles. The standard InChI is InChI=1S/C16H26N2O/c1-2-3-10-18(15-7-5-4-6-8-15)12-14-13-19-11-9-16(14)17/h4-8,14,16H,2-3,9-13,17H2,1H3. The fourth-order valence-corrected chi connectivity index (χ4v) is 2.60. The number of nitrogens with zero attached hydrogens (tertiary/aromatic N) is 1. The van der Waals surface area contributed by atoms with E-state index in [0.717, 1.165) is 32.7 Å². The third-order valence-corrected chi connectivity index (χ3v) is 3.89. The lowest BCUT2D eigenvalue weighted by Gasteiger charge is -2.34. The Bertz CT molecular complexity index is 355. The maximum Gasteiger partial charge on any atom is 0.0526 e. The molecule has 0 aromatic heterocycles. The normalized spacial score (nSPS) is 23.3. The summed E-state index contributed by atoms with van der Waals surface area (Å²) in [4.78, 5) is 2.46. The van der Waals surface area contributed by atoms with E-state index in [2.05, 4.69) is 42.2 Å². The van der Waals surface area contributed by atoms with E-state index < -0.39 is 0 Å². The highest BCUT2D eigenvalue weighted by Gasteiger charge is 2.24. The smallest absolute Gasteiger partial charge is 0.0526 e. The van der Waals surface area contributed by atoms with E-state index >= 15 is 0 Å². The van der Waals surface area contributed by atoms with Crippen LogP contribution < -0.4 is 10.6 Å². The van der Waals surface area contributed by atoms with Gasteiger partial charge in [0.05, 0.1) is 6.61 Å². The zero-order valence-corrected chi connectivity index (χ0v) is 11.9. The first kappa shape index (κ1) is 14.4. The van der Waals surface area contributed by atoms with Crippen molar-refractivity contribution in [2.24, 2.45) is 11.7 Å². The minimum Gasteiger partial charge on any atom is -0.381 e. The van der Waals surface area contributed by atoms with Crippen LogP contribution >= 0.6 is 0 Å². The second kappa shape index (κ2) is 7.51. The summed E-state index contributed by atoms with van der Waals surface area (Å²) >= 11 is 0. The first-order valence-electron chi connectivity index (χ1n) is 7.44. The van der Waals surface area contributed by atoms with Gasteiger partial charge < -0.3 is 15.4 Å². The summed E-state index contributed by atoms with van der Waals surface area (Å²) in [7, 11) is 0. The zero-order chi connectivity index (χ0) is 13.5. The molecule has 0 spiro atoms. The molecule has 1 aliphatic rings. The molecule has 1 aromatic rings. The Labute approximate surface area is 116 Å². The molecule has 1 aliphatic heterocycles. The second-order valence-corrected chi connectivity index (χ2v) is 5.42. The van der Waals surface area contributed by atoms with Gasteiger partial charge in [-0.25, -0.2) is 0 Å². The molecule has 106 valence electrons.